The van der Waals surface area contributed by atoms with Crippen LogP contribution in [0.15, 0.2) is 121 Å². The molecule has 0 spiro atoms. The summed E-state index contributed by atoms with van der Waals surface area (Å²) in [6.45, 7) is 0. The molecule has 214 valence electrons. The molecule has 1 saturated heterocycles. The van der Waals surface area contributed by atoms with Crippen molar-refractivity contribution >= 4 is 39.1 Å². The number of rotatable bonds is 7. The molecule has 0 bridgehead atoms. The van der Waals surface area contributed by atoms with Gasteiger partial charge in [-0.2, -0.15) is 0 Å². The molecule has 2 aliphatic rings. The Morgan fingerprint density at radius 3 is 2.09 bits per heavy atom. The maximum Gasteiger partial charge on any atom is 0.356 e. The predicted octanol–water partition coefficient (Wildman–Crippen LogP) is 4.71. The fourth-order valence-corrected chi connectivity index (χ4v) is 7.16. The third kappa shape index (κ3) is 5.22. The van der Waals surface area contributed by atoms with Crippen LogP contribution in [0.5, 0.6) is 0 Å². The fraction of sp³-hybridized carbons (Fsp3) is 0.0938. The van der Waals surface area contributed by atoms with E-state index in [1.165, 1.54) is 36.5 Å². The second-order valence-electron chi connectivity index (χ2n) is 9.93. The molecule has 43 heavy (non-hydrogen) atoms. The van der Waals surface area contributed by atoms with Crippen LogP contribution >= 0.6 is 0 Å². The van der Waals surface area contributed by atoms with Crippen molar-refractivity contribution < 1.29 is 27.7 Å². The molecule has 10 nitrogen and oxygen atoms in total. The van der Waals surface area contributed by atoms with E-state index in [0.29, 0.717) is 16.8 Å². The van der Waals surface area contributed by atoms with E-state index in [1.807, 2.05) is 12.1 Å². The Morgan fingerprint density at radius 1 is 0.930 bits per heavy atom. The Kier molecular flexibility index (Phi) is 7.16. The van der Waals surface area contributed by atoms with Gasteiger partial charge in [0.2, 0.25) is 0 Å². The van der Waals surface area contributed by atoms with Gasteiger partial charge in [0.15, 0.2) is 21.3 Å². The number of aromatic nitrogens is 1. The topological polar surface area (TPSA) is 137 Å². The van der Waals surface area contributed by atoms with Gasteiger partial charge in [-0.15, -0.1) is 0 Å². The standard InChI is InChI=1S/C32H23N3O7S/c36-30-26(19-24-13-7-8-18-33-24)31-34(30)28(27(20-43(31,40)41)21-14-16-25(17-15-21)35(38)39)32(37)42-29(22-9-3-1-4-10-22)23-11-5-2-6-12-23/h1-19,29,31H,20H2/b26-19-/t31-/m1/s1. The summed E-state index contributed by atoms with van der Waals surface area (Å²) in [7, 11) is -4.04. The molecular weight excluding hydrogens is 570 g/mol. The minimum absolute atomic E-state index is 0.0151. The summed E-state index contributed by atoms with van der Waals surface area (Å²) in [6.07, 6.45) is 2.06. The number of sulfone groups is 1. The van der Waals surface area contributed by atoms with E-state index in [0.717, 1.165) is 4.90 Å². The lowest BCUT2D eigenvalue weighted by molar-refractivity contribution is -0.384. The largest absolute Gasteiger partial charge is 0.448 e. The van der Waals surface area contributed by atoms with E-state index in [4.69, 9.17) is 4.74 Å². The molecule has 1 fully saturated rings. The van der Waals surface area contributed by atoms with Gasteiger partial charge in [0.05, 0.1) is 21.9 Å². The number of nitro benzene ring substituents is 1. The van der Waals surface area contributed by atoms with Gasteiger partial charge in [-0.25, -0.2) is 13.2 Å². The summed E-state index contributed by atoms with van der Waals surface area (Å²) in [5.41, 5.74) is 1.53. The SMILES string of the molecule is O=C(OC(c1ccccc1)c1ccccc1)C1=C(c2ccc([N+](=O)[O-])cc2)CS(=O)(=O)[C@@H]2/C(=C\c3ccccn3)C(=O)N12. The van der Waals surface area contributed by atoms with Crippen LogP contribution in [0.4, 0.5) is 5.69 Å². The highest BCUT2D eigenvalue weighted by molar-refractivity contribution is 7.92. The van der Waals surface area contributed by atoms with Crippen molar-refractivity contribution in [1.29, 1.82) is 0 Å². The molecule has 0 radical (unpaired) electrons. The molecule has 0 aliphatic carbocycles. The van der Waals surface area contributed by atoms with E-state index in [-0.39, 0.29) is 28.1 Å². The van der Waals surface area contributed by atoms with Crippen LogP contribution in [0.3, 0.4) is 0 Å². The number of carbonyl (C=O) groups is 2. The number of nitrogens with zero attached hydrogens (tertiary/aromatic N) is 3. The van der Waals surface area contributed by atoms with Crippen molar-refractivity contribution in [2.24, 2.45) is 0 Å². The molecule has 1 aromatic heterocycles. The van der Waals surface area contributed by atoms with Crippen LogP contribution in [0.25, 0.3) is 11.6 Å². The minimum Gasteiger partial charge on any atom is -0.448 e. The molecule has 1 amide bonds. The summed E-state index contributed by atoms with van der Waals surface area (Å²) >= 11 is 0. The summed E-state index contributed by atoms with van der Waals surface area (Å²) < 4.78 is 33.3. The van der Waals surface area contributed by atoms with E-state index in [1.54, 1.807) is 66.7 Å². The molecule has 0 unspecified atom stereocenters. The first-order valence-corrected chi connectivity index (χ1v) is 14.9. The van der Waals surface area contributed by atoms with Gasteiger partial charge in [-0.3, -0.25) is 24.8 Å². The van der Waals surface area contributed by atoms with Gasteiger partial charge in [0.25, 0.3) is 11.6 Å². The van der Waals surface area contributed by atoms with Crippen LogP contribution < -0.4 is 0 Å². The van der Waals surface area contributed by atoms with E-state index in [9.17, 15) is 28.1 Å². The van der Waals surface area contributed by atoms with Crippen molar-refractivity contribution in [2.45, 2.75) is 11.5 Å². The zero-order valence-electron chi connectivity index (χ0n) is 22.4. The Hall–Kier alpha value is -5.42. The first kappa shape index (κ1) is 27.7. The Balaban J connectivity index is 1.48. The average molecular weight is 594 g/mol. The first-order chi connectivity index (χ1) is 20.7. The van der Waals surface area contributed by atoms with Crippen LogP contribution in [0.1, 0.15) is 28.5 Å². The highest BCUT2D eigenvalue weighted by Gasteiger charge is 2.57. The number of nitro groups is 1. The van der Waals surface area contributed by atoms with Crippen molar-refractivity contribution in [3.05, 3.63) is 153 Å². The Morgan fingerprint density at radius 2 is 1.53 bits per heavy atom. The molecular formula is C32H23N3O7S. The van der Waals surface area contributed by atoms with Crippen molar-refractivity contribution in [3.63, 3.8) is 0 Å². The number of hydrogen-bond acceptors (Lipinski definition) is 8. The number of β-lactam (4-membered cyclic amide) rings is 1. The lowest BCUT2D eigenvalue weighted by Crippen LogP contribution is -2.62. The molecule has 3 heterocycles. The van der Waals surface area contributed by atoms with Crippen LogP contribution in [-0.2, 0) is 24.2 Å². The maximum atomic E-state index is 14.1. The summed E-state index contributed by atoms with van der Waals surface area (Å²) in [6, 6.07) is 28.2. The molecule has 0 saturated carbocycles. The summed E-state index contributed by atoms with van der Waals surface area (Å²) in [5.74, 6) is -2.18. The third-order valence-corrected chi connectivity index (χ3v) is 9.06. The highest BCUT2D eigenvalue weighted by atomic mass is 32.2. The molecule has 6 rings (SSSR count). The number of carbonyl (C=O) groups excluding carboxylic acids is 2. The zero-order chi connectivity index (χ0) is 30.1. The smallest absolute Gasteiger partial charge is 0.356 e. The Bertz CT molecular complexity index is 1850. The quantitative estimate of drug-likeness (QED) is 0.0988. The zero-order valence-corrected chi connectivity index (χ0v) is 23.3. The van der Waals surface area contributed by atoms with Crippen LogP contribution in [0, 0.1) is 10.1 Å². The normalized spacial score (nSPS) is 18.3. The van der Waals surface area contributed by atoms with E-state index in [2.05, 4.69) is 4.98 Å². The minimum atomic E-state index is -4.04. The highest BCUT2D eigenvalue weighted by Crippen LogP contribution is 2.44. The van der Waals surface area contributed by atoms with Gasteiger partial charge in [-0.1, -0.05) is 66.7 Å². The number of esters is 1. The molecule has 0 N–H and O–H groups in total. The number of amides is 1. The predicted molar refractivity (Wildman–Crippen MR) is 157 cm³/mol. The molecule has 11 heteroatoms. The number of hydrogen-bond donors (Lipinski definition) is 0. The summed E-state index contributed by atoms with van der Waals surface area (Å²) in [4.78, 5) is 43.5. The van der Waals surface area contributed by atoms with Gasteiger partial charge >= 0.3 is 5.97 Å². The summed E-state index contributed by atoms with van der Waals surface area (Å²) in [5, 5.41) is 9.83. The number of fused-ring (bicyclic) bond motifs is 1. The van der Waals surface area contributed by atoms with Gasteiger partial charge in [-0.05, 0) is 47.0 Å². The van der Waals surface area contributed by atoms with Crippen LogP contribution in [0.2, 0.25) is 0 Å². The number of pyridine rings is 1. The lowest BCUT2D eigenvalue weighted by atomic mass is 9.97. The van der Waals surface area contributed by atoms with Crippen molar-refractivity contribution in [1.82, 2.24) is 9.88 Å². The average Bonchev–Trinajstić information content (AvgIpc) is 3.03. The third-order valence-electron chi connectivity index (χ3n) is 7.22. The second-order valence-corrected chi connectivity index (χ2v) is 12.0. The second kappa shape index (κ2) is 11.1. The fourth-order valence-electron chi connectivity index (χ4n) is 5.22. The maximum absolute atomic E-state index is 14.1. The molecule has 1 atom stereocenters. The van der Waals surface area contributed by atoms with Gasteiger partial charge in [0.1, 0.15) is 5.70 Å². The number of non-ortho nitro benzene ring substituents is 1. The van der Waals surface area contributed by atoms with Crippen molar-refractivity contribution in [2.75, 3.05) is 5.75 Å². The van der Waals surface area contributed by atoms with Crippen LogP contribution in [-0.4, -0.2) is 46.2 Å². The van der Waals surface area contributed by atoms with E-state index < -0.39 is 43.9 Å². The van der Waals surface area contributed by atoms with Gasteiger partial charge < -0.3 is 4.74 Å². The number of benzene rings is 3. The monoisotopic (exact) mass is 593 g/mol. The molecule has 3 aromatic carbocycles. The van der Waals surface area contributed by atoms with E-state index >= 15 is 0 Å². The molecule has 2 aliphatic heterocycles. The molecule has 4 aromatic rings. The number of ether oxygens (including phenoxy) is 1. The van der Waals surface area contributed by atoms with Crippen molar-refractivity contribution in [3.8, 4) is 0 Å². The first-order valence-electron chi connectivity index (χ1n) is 13.2. The Labute approximate surface area is 246 Å². The lowest BCUT2D eigenvalue weighted by Gasteiger charge is -2.46. The van der Waals surface area contributed by atoms with Gasteiger partial charge in [0, 0.05) is 23.9 Å².